The molecular weight excluding hydrogens is 228 g/mol. The predicted octanol–water partition coefficient (Wildman–Crippen LogP) is 1.93. The molecular formula is C14H13N2O2+. The van der Waals surface area contributed by atoms with Crippen LogP contribution in [0.5, 0.6) is 0 Å². The number of aromatic amines is 1. The molecule has 0 bridgehead atoms. The average Bonchev–Trinajstić information content (AvgIpc) is 2.74. The van der Waals surface area contributed by atoms with Crippen LogP contribution in [0.25, 0.3) is 21.8 Å². The van der Waals surface area contributed by atoms with E-state index in [1.165, 1.54) is 7.11 Å². The molecule has 4 heteroatoms. The smallest absolute Gasteiger partial charge is 0.403 e. The number of carbonyl (C=O) groups is 1. The van der Waals surface area contributed by atoms with Crippen LogP contribution in [-0.4, -0.2) is 18.1 Å². The number of esters is 1. The molecule has 0 radical (unpaired) electrons. The van der Waals surface area contributed by atoms with Crippen molar-refractivity contribution in [2.75, 3.05) is 7.11 Å². The number of methoxy groups -OCH3 is 1. The fourth-order valence-electron chi connectivity index (χ4n) is 2.25. The van der Waals surface area contributed by atoms with Gasteiger partial charge in [-0.05, 0) is 6.07 Å². The first-order valence-corrected chi connectivity index (χ1v) is 5.69. The van der Waals surface area contributed by atoms with Gasteiger partial charge < -0.3 is 9.72 Å². The van der Waals surface area contributed by atoms with E-state index in [1.54, 1.807) is 4.57 Å². The molecule has 0 spiro atoms. The molecule has 0 aliphatic heterocycles. The molecule has 4 nitrogen and oxygen atoms in total. The molecule has 0 amide bonds. The second-order valence-corrected chi connectivity index (χ2v) is 4.26. The van der Waals surface area contributed by atoms with Crippen molar-refractivity contribution in [3.05, 3.63) is 42.2 Å². The molecule has 0 saturated heterocycles. The van der Waals surface area contributed by atoms with Crippen molar-refractivity contribution in [1.29, 1.82) is 0 Å². The summed E-state index contributed by atoms with van der Waals surface area (Å²) in [6.07, 6.45) is 1.90. The summed E-state index contributed by atoms with van der Waals surface area (Å²) in [4.78, 5) is 15.0. The van der Waals surface area contributed by atoms with Gasteiger partial charge in [0.15, 0.2) is 6.20 Å². The Bertz CT molecular complexity index is 759. The number of rotatable bonds is 1. The standard InChI is InChI=1S/C14H12N2O2/c1-16-8-12-10(7-13(16)14(17)18-2)9-5-3-4-6-11(9)15-12/h3-8H,1-2H3/p+1. The molecule has 0 aliphatic rings. The average molecular weight is 241 g/mol. The summed E-state index contributed by atoms with van der Waals surface area (Å²) in [7, 11) is 3.22. The molecule has 1 N–H and O–H groups in total. The van der Waals surface area contributed by atoms with Crippen molar-refractivity contribution in [2.24, 2.45) is 7.05 Å². The maximum Gasteiger partial charge on any atom is 0.403 e. The quantitative estimate of drug-likeness (QED) is 0.522. The third kappa shape index (κ3) is 1.46. The minimum Gasteiger partial charge on any atom is -0.461 e. The molecule has 0 saturated carbocycles. The molecule has 3 aromatic rings. The summed E-state index contributed by atoms with van der Waals surface area (Å²) in [6.45, 7) is 0. The largest absolute Gasteiger partial charge is 0.461 e. The van der Waals surface area contributed by atoms with Gasteiger partial charge in [0.05, 0.1) is 7.11 Å². The first kappa shape index (κ1) is 10.8. The molecule has 1 aromatic carbocycles. The molecule has 2 heterocycles. The number of fused-ring (bicyclic) bond motifs is 3. The van der Waals surface area contributed by atoms with E-state index in [1.807, 2.05) is 43.6 Å². The molecule has 2 aromatic heterocycles. The third-order valence-electron chi connectivity index (χ3n) is 3.16. The maximum absolute atomic E-state index is 11.7. The lowest BCUT2D eigenvalue weighted by Crippen LogP contribution is -2.36. The third-order valence-corrected chi connectivity index (χ3v) is 3.16. The fraction of sp³-hybridized carbons (Fsp3) is 0.143. The fourth-order valence-corrected chi connectivity index (χ4v) is 2.25. The molecule has 3 rings (SSSR count). The number of benzene rings is 1. The van der Waals surface area contributed by atoms with Crippen molar-refractivity contribution in [3.8, 4) is 0 Å². The van der Waals surface area contributed by atoms with Gasteiger partial charge in [0.25, 0.3) is 5.69 Å². The van der Waals surface area contributed by atoms with Crippen molar-refractivity contribution >= 4 is 27.8 Å². The van der Waals surface area contributed by atoms with E-state index >= 15 is 0 Å². The highest BCUT2D eigenvalue weighted by Gasteiger charge is 2.20. The number of aromatic nitrogens is 2. The van der Waals surface area contributed by atoms with Crippen LogP contribution in [0.1, 0.15) is 10.5 Å². The molecule has 0 aliphatic carbocycles. The highest BCUT2D eigenvalue weighted by molar-refractivity contribution is 6.08. The Labute approximate surface area is 104 Å². The number of hydrogen-bond donors (Lipinski definition) is 1. The highest BCUT2D eigenvalue weighted by atomic mass is 16.5. The van der Waals surface area contributed by atoms with E-state index in [-0.39, 0.29) is 5.97 Å². The Morgan fingerprint density at radius 2 is 2.00 bits per heavy atom. The summed E-state index contributed by atoms with van der Waals surface area (Å²) >= 11 is 0. The van der Waals surface area contributed by atoms with Gasteiger partial charge in [0.2, 0.25) is 0 Å². The lowest BCUT2D eigenvalue weighted by Gasteiger charge is -1.98. The van der Waals surface area contributed by atoms with Crippen molar-refractivity contribution < 1.29 is 14.1 Å². The van der Waals surface area contributed by atoms with E-state index in [2.05, 4.69) is 4.98 Å². The maximum atomic E-state index is 11.7. The number of aryl methyl sites for hydroxylation is 1. The van der Waals surface area contributed by atoms with Gasteiger partial charge in [-0.15, -0.1) is 0 Å². The number of pyridine rings is 1. The highest BCUT2D eigenvalue weighted by Crippen LogP contribution is 2.24. The van der Waals surface area contributed by atoms with Crippen LogP contribution in [-0.2, 0) is 11.8 Å². The zero-order valence-corrected chi connectivity index (χ0v) is 10.2. The predicted molar refractivity (Wildman–Crippen MR) is 68.3 cm³/mol. The van der Waals surface area contributed by atoms with E-state index in [0.29, 0.717) is 5.69 Å². The minimum absolute atomic E-state index is 0.329. The number of nitrogens with zero attached hydrogens (tertiary/aromatic N) is 1. The minimum atomic E-state index is -0.329. The zero-order valence-electron chi connectivity index (χ0n) is 10.2. The molecule has 0 atom stereocenters. The Morgan fingerprint density at radius 3 is 2.78 bits per heavy atom. The number of para-hydroxylation sites is 1. The zero-order chi connectivity index (χ0) is 12.7. The summed E-state index contributed by atoms with van der Waals surface area (Å²) < 4.78 is 6.55. The van der Waals surface area contributed by atoms with Crippen molar-refractivity contribution in [3.63, 3.8) is 0 Å². The van der Waals surface area contributed by atoms with E-state index < -0.39 is 0 Å². The first-order chi connectivity index (χ1) is 8.70. The van der Waals surface area contributed by atoms with E-state index in [0.717, 1.165) is 21.8 Å². The second kappa shape index (κ2) is 3.84. The number of nitrogens with one attached hydrogen (secondary N) is 1. The van der Waals surface area contributed by atoms with Crippen LogP contribution >= 0.6 is 0 Å². The van der Waals surface area contributed by atoms with Crippen LogP contribution in [0.4, 0.5) is 0 Å². The number of ether oxygens (including phenoxy) is 1. The molecule has 0 fully saturated rings. The Kier molecular flexibility index (Phi) is 2.30. The monoisotopic (exact) mass is 241 g/mol. The van der Waals surface area contributed by atoms with Gasteiger partial charge in [-0.2, -0.15) is 4.57 Å². The number of H-pyrrole nitrogens is 1. The Balaban J connectivity index is 2.39. The van der Waals surface area contributed by atoms with E-state index in [9.17, 15) is 4.79 Å². The topological polar surface area (TPSA) is 46.0 Å². The summed E-state index contributed by atoms with van der Waals surface area (Å²) in [5, 5.41) is 2.14. The summed E-state index contributed by atoms with van der Waals surface area (Å²) in [6, 6.07) is 9.89. The van der Waals surface area contributed by atoms with Gasteiger partial charge in [-0.3, -0.25) is 0 Å². The van der Waals surface area contributed by atoms with Crippen LogP contribution in [0.3, 0.4) is 0 Å². The first-order valence-electron chi connectivity index (χ1n) is 5.69. The van der Waals surface area contributed by atoms with Crippen LogP contribution in [0.2, 0.25) is 0 Å². The van der Waals surface area contributed by atoms with Crippen LogP contribution in [0.15, 0.2) is 36.5 Å². The molecule has 90 valence electrons. The normalized spacial score (nSPS) is 11.0. The number of carbonyl (C=O) groups excluding carboxylic acids is 1. The van der Waals surface area contributed by atoms with Crippen LogP contribution in [0, 0.1) is 0 Å². The van der Waals surface area contributed by atoms with Crippen molar-refractivity contribution in [2.45, 2.75) is 0 Å². The molecule has 0 unspecified atom stereocenters. The van der Waals surface area contributed by atoms with E-state index in [4.69, 9.17) is 4.74 Å². The number of hydrogen-bond acceptors (Lipinski definition) is 2. The van der Waals surface area contributed by atoms with Gasteiger partial charge in [0.1, 0.15) is 12.6 Å². The lowest BCUT2D eigenvalue weighted by molar-refractivity contribution is -0.672. The lowest BCUT2D eigenvalue weighted by atomic mass is 10.1. The summed E-state index contributed by atoms with van der Waals surface area (Å²) in [5.41, 5.74) is 2.61. The van der Waals surface area contributed by atoms with Gasteiger partial charge in [-0.1, -0.05) is 18.2 Å². The van der Waals surface area contributed by atoms with Gasteiger partial charge in [0, 0.05) is 22.4 Å². The van der Waals surface area contributed by atoms with Crippen molar-refractivity contribution in [1.82, 2.24) is 4.98 Å². The summed E-state index contributed by atoms with van der Waals surface area (Å²) in [5.74, 6) is -0.329. The van der Waals surface area contributed by atoms with Gasteiger partial charge >= 0.3 is 5.97 Å². The molecule has 18 heavy (non-hydrogen) atoms. The second-order valence-electron chi connectivity index (χ2n) is 4.26. The van der Waals surface area contributed by atoms with Gasteiger partial charge in [-0.25, -0.2) is 4.79 Å². The SMILES string of the molecule is COC(=O)c1cc2c(c[n+]1C)[nH]c1ccccc12. The van der Waals surface area contributed by atoms with Crippen LogP contribution < -0.4 is 4.57 Å². The Morgan fingerprint density at radius 1 is 1.22 bits per heavy atom. The Hall–Kier alpha value is -2.36.